The highest BCUT2D eigenvalue weighted by Gasteiger charge is 2.22. The molecule has 0 radical (unpaired) electrons. The molecule has 7 nitrogen and oxygen atoms in total. The average molecular weight is 424 g/mol. The summed E-state index contributed by atoms with van der Waals surface area (Å²) >= 11 is 0. The SMILES string of the molecule is COc1ccc(-c2noc(CCC(=O)N3CCN(Cc4cccc(F)c4)CC3)n2)cc1. The highest BCUT2D eigenvalue weighted by atomic mass is 19.1. The monoisotopic (exact) mass is 424 g/mol. The van der Waals surface area contributed by atoms with Gasteiger partial charge in [0.1, 0.15) is 11.6 Å². The molecule has 1 aliphatic rings. The Bertz CT molecular complexity index is 1010. The second-order valence-electron chi connectivity index (χ2n) is 7.53. The number of nitrogens with zero attached hydrogens (tertiary/aromatic N) is 4. The second-order valence-corrected chi connectivity index (χ2v) is 7.53. The number of hydrogen-bond donors (Lipinski definition) is 0. The van der Waals surface area contributed by atoms with Gasteiger partial charge in [-0.1, -0.05) is 17.3 Å². The maximum atomic E-state index is 13.3. The first-order valence-corrected chi connectivity index (χ1v) is 10.3. The minimum absolute atomic E-state index is 0.0783. The summed E-state index contributed by atoms with van der Waals surface area (Å²) in [5.41, 5.74) is 1.78. The van der Waals surface area contributed by atoms with E-state index in [4.69, 9.17) is 9.26 Å². The maximum Gasteiger partial charge on any atom is 0.227 e. The summed E-state index contributed by atoms with van der Waals surface area (Å²) in [5, 5.41) is 4.00. The quantitative estimate of drug-likeness (QED) is 0.580. The lowest BCUT2D eigenvalue weighted by molar-refractivity contribution is -0.133. The summed E-state index contributed by atoms with van der Waals surface area (Å²) in [6, 6.07) is 14.0. The van der Waals surface area contributed by atoms with Crippen molar-refractivity contribution in [1.82, 2.24) is 19.9 Å². The fourth-order valence-corrected chi connectivity index (χ4v) is 3.63. The average Bonchev–Trinajstić information content (AvgIpc) is 3.27. The van der Waals surface area contributed by atoms with E-state index in [1.807, 2.05) is 35.2 Å². The van der Waals surface area contributed by atoms with E-state index < -0.39 is 0 Å². The Morgan fingerprint density at radius 3 is 2.61 bits per heavy atom. The van der Waals surface area contributed by atoms with Gasteiger partial charge in [0.05, 0.1) is 7.11 Å². The van der Waals surface area contributed by atoms with Crippen LogP contribution in [-0.4, -0.2) is 59.1 Å². The van der Waals surface area contributed by atoms with Gasteiger partial charge in [-0.15, -0.1) is 0 Å². The van der Waals surface area contributed by atoms with Gasteiger partial charge in [-0.05, 0) is 42.0 Å². The van der Waals surface area contributed by atoms with E-state index in [1.165, 1.54) is 6.07 Å². The molecule has 1 saturated heterocycles. The molecule has 0 bridgehead atoms. The van der Waals surface area contributed by atoms with E-state index in [0.717, 1.165) is 30.0 Å². The number of piperazine rings is 1. The molecule has 1 fully saturated rings. The highest BCUT2D eigenvalue weighted by Crippen LogP contribution is 2.20. The van der Waals surface area contributed by atoms with Gasteiger partial charge < -0.3 is 14.2 Å². The topological polar surface area (TPSA) is 71.7 Å². The smallest absolute Gasteiger partial charge is 0.227 e. The molecule has 0 aliphatic carbocycles. The summed E-state index contributed by atoms with van der Waals surface area (Å²) < 4.78 is 23.8. The van der Waals surface area contributed by atoms with Gasteiger partial charge in [0, 0.05) is 51.1 Å². The molecule has 3 aromatic rings. The molecule has 0 atom stereocenters. The van der Waals surface area contributed by atoms with Gasteiger partial charge in [-0.2, -0.15) is 4.98 Å². The van der Waals surface area contributed by atoms with E-state index in [-0.39, 0.29) is 11.7 Å². The van der Waals surface area contributed by atoms with Crippen LogP contribution in [0.2, 0.25) is 0 Å². The first kappa shape index (κ1) is 21.0. The van der Waals surface area contributed by atoms with Gasteiger partial charge in [-0.25, -0.2) is 4.39 Å². The third-order valence-electron chi connectivity index (χ3n) is 5.39. The van der Waals surface area contributed by atoms with Crippen LogP contribution in [0.3, 0.4) is 0 Å². The molecule has 162 valence electrons. The minimum atomic E-state index is -0.220. The van der Waals surface area contributed by atoms with Gasteiger partial charge in [0.15, 0.2) is 0 Å². The fraction of sp³-hybridized carbons (Fsp3) is 0.348. The largest absolute Gasteiger partial charge is 0.497 e. The first-order chi connectivity index (χ1) is 15.1. The summed E-state index contributed by atoms with van der Waals surface area (Å²) in [6.45, 7) is 3.55. The molecule has 0 unspecified atom stereocenters. The van der Waals surface area contributed by atoms with Gasteiger partial charge >= 0.3 is 0 Å². The fourth-order valence-electron chi connectivity index (χ4n) is 3.63. The lowest BCUT2D eigenvalue weighted by atomic mass is 10.2. The highest BCUT2D eigenvalue weighted by molar-refractivity contribution is 5.76. The van der Waals surface area contributed by atoms with E-state index >= 15 is 0 Å². The number of hydrogen-bond acceptors (Lipinski definition) is 6. The number of amides is 1. The van der Waals surface area contributed by atoms with E-state index in [9.17, 15) is 9.18 Å². The van der Waals surface area contributed by atoms with Crippen LogP contribution in [0.25, 0.3) is 11.4 Å². The Hall–Kier alpha value is -3.26. The van der Waals surface area contributed by atoms with Crippen LogP contribution in [0.15, 0.2) is 53.1 Å². The number of carbonyl (C=O) groups excluding carboxylic acids is 1. The Morgan fingerprint density at radius 2 is 1.90 bits per heavy atom. The van der Waals surface area contributed by atoms with Gasteiger partial charge in [-0.3, -0.25) is 9.69 Å². The van der Waals surface area contributed by atoms with Crippen LogP contribution in [0.1, 0.15) is 17.9 Å². The zero-order valence-corrected chi connectivity index (χ0v) is 17.5. The Morgan fingerprint density at radius 1 is 1.13 bits per heavy atom. The van der Waals surface area contributed by atoms with Crippen molar-refractivity contribution in [3.8, 4) is 17.1 Å². The van der Waals surface area contributed by atoms with Crippen LogP contribution in [0, 0.1) is 5.82 Å². The molecular weight excluding hydrogens is 399 g/mol. The zero-order chi connectivity index (χ0) is 21.6. The molecule has 0 N–H and O–H groups in total. The summed E-state index contributed by atoms with van der Waals surface area (Å²) in [7, 11) is 1.61. The van der Waals surface area contributed by atoms with Crippen molar-refractivity contribution in [3.63, 3.8) is 0 Å². The Labute approximate surface area is 180 Å². The molecule has 8 heteroatoms. The van der Waals surface area contributed by atoms with Crippen molar-refractivity contribution >= 4 is 5.91 Å². The van der Waals surface area contributed by atoms with Crippen LogP contribution < -0.4 is 4.74 Å². The number of halogens is 1. The molecule has 2 aromatic carbocycles. The molecule has 1 aliphatic heterocycles. The number of benzene rings is 2. The first-order valence-electron chi connectivity index (χ1n) is 10.3. The van der Waals surface area contributed by atoms with Crippen LogP contribution in [-0.2, 0) is 17.8 Å². The maximum absolute atomic E-state index is 13.3. The predicted molar refractivity (Wildman–Crippen MR) is 113 cm³/mol. The molecule has 4 rings (SSSR count). The van der Waals surface area contributed by atoms with Crippen molar-refractivity contribution in [2.45, 2.75) is 19.4 Å². The van der Waals surface area contributed by atoms with Crippen molar-refractivity contribution in [3.05, 3.63) is 65.8 Å². The number of aryl methyl sites for hydroxylation is 1. The van der Waals surface area contributed by atoms with Gasteiger partial charge in [0.2, 0.25) is 17.6 Å². The van der Waals surface area contributed by atoms with Crippen molar-refractivity contribution in [2.75, 3.05) is 33.3 Å². The van der Waals surface area contributed by atoms with E-state index in [1.54, 1.807) is 19.2 Å². The lowest BCUT2D eigenvalue weighted by Crippen LogP contribution is -2.48. The second kappa shape index (κ2) is 9.70. The number of carbonyl (C=O) groups is 1. The lowest BCUT2D eigenvalue weighted by Gasteiger charge is -2.34. The van der Waals surface area contributed by atoms with Crippen LogP contribution in [0.5, 0.6) is 5.75 Å². The normalized spacial score (nSPS) is 14.6. The summed E-state index contributed by atoms with van der Waals surface area (Å²) in [5.74, 6) is 1.56. The Kier molecular flexibility index (Phi) is 6.57. The minimum Gasteiger partial charge on any atom is -0.497 e. The zero-order valence-electron chi connectivity index (χ0n) is 17.5. The third-order valence-corrected chi connectivity index (χ3v) is 5.39. The predicted octanol–water partition coefficient (Wildman–Crippen LogP) is 3.16. The Balaban J connectivity index is 1.24. The summed E-state index contributed by atoms with van der Waals surface area (Å²) in [4.78, 5) is 21.1. The molecule has 2 heterocycles. The van der Waals surface area contributed by atoms with Crippen LogP contribution in [0.4, 0.5) is 4.39 Å². The molecule has 1 aromatic heterocycles. The van der Waals surface area contributed by atoms with Crippen molar-refractivity contribution in [2.24, 2.45) is 0 Å². The molecule has 0 saturated carbocycles. The number of ether oxygens (including phenoxy) is 1. The standard InChI is InChI=1S/C23H25FN4O3/c1-30-20-7-5-18(6-8-20)23-25-21(31-26-23)9-10-22(29)28-13-11-27(12-14-28)16-17-3-2-4-19(24)15-17/h2-8,15H,9-14,16H2,1H3. The summed E-state index contributed by atoms with van der Waals surface area (Å²) in [6.07, 6.45) is 0.736. The van der Waals surface area contributed by atoms with E-state index in [2.05, 4.69) is 15.0 Å². The number of rotatable bonds is 7. The van der Waals surface area contributed by atoms with Crippen molar-refractivity contribution in [1.29, 1.82) is 0 Å². The van der Waals surface area contributed by atoms with Crippen molar-refractivity contribution < 1.29 is 18.4 Å². The molecule has 0 spiro atoms. The molecule has 31 heavy (non-hydrogen) atoms. The molecular formula is C23H25FN4O3. The van der Waals surface area contributed by atoms with E-state index in [0.29, 0.717) is 44.2 Å². The molecule has 1 amide bonds. The van der Waals surface area contributed by atoms with Gasteiger partial charge in [0.25, 0.3) is 0 Å². The van der Waals surface area contributed by atoms with Crippen LogP contribution >= 0.6 is 0 Å². The number of aromatic nitrogens is 2. The third kappa shape index (κ3) is 5.46. The number of methoxy groups -OCH3 is 1.